The first kappa shape index (κ1) is 20.7. The average molecular weight is 411 g/mol. The van der Waals surface area contributed by atoms with E-state index in [1.54, 1.807) is 16.7 Å². The third-order valence-corrected chi connectivity index (χ3v) is 4.70. The van der Waals surface area contributed by atoms with Crippen LogP contribution in [0, 0.1) is 0 Å². The van der Waals surface area contributed by atoms with Crippen molar-refractivity contribution in [3.05, 3.63) is 87.8 Å². The van der Waals surface area contributed by atoms with E-state index in [9.17, 15) is 9.59 Å². The number of carbonyl (C=O) groups is 1. The fourth-order valence-corrected chi connectivity index (χ4v) is 2.95. The average Bonchev–Trinajstić information content (AvgIpc) is 2.72. The van der Waals surface area contributed by atoms with Gasteiger partial charge in [-0.05, 0) is 53.4 Å². The van der Waals surface area contributed by atoms with Gasteiger partial charge in [0.1, 0.15) is 0 Å². The van der Waals surface area contributed by atoms with Crippen LogP contribution in [-0.2, 0) is 11.3 Å². The van der Waals surface area contributed by atoms with Gasteiger partial charge in [-0.15, -0.1) is 0 Å². The molecule has 1 N–H and O–H groups in total. The zero-order chi connectivity index (χ0) is 20.6. The highest BCUT2D eigenvalue weighted by Crippen LogP contribution is 2.21. The minimum absolute atomic E-state index is 0.0724. The Morgan fingerprint density at radius 2 is 1.69 bits per heavy atom. The molecule has 5 nitrogen and oxygen atoms in total. The summed E-state index contributed by atoms with van der Waals surface area (Å²) in [6.45, 7) is 2.92. The molecule has 29 heavy (non-hydrogen) atoms. The molecule has 0 saturated heterocycles. The number of carbonyl (C=O) groups excluding carboxylic acids is 1. The number of amides is 1. The van der Waals surface area contributed by atoms with Crippen molar-refractivity contribution in [2.45, 2.75) is 26.3 Å². The number of pyridine rings is 1. The number of nitrogens with one attached hydrogen (secondary N) is 1. The molecule has 2 aromatic carbocycles. The SMILES string of the molecule is CCCCOC(=O)Nc1ccc(-c2ccc(=O)n(Cc3ccc(Cl)cc3)c2)cc1. The molecule has 0 aliphatic rings. The maximum atomic E-state index is 12.2. The summed E-state index contributed by atoms with van der Waals surface area (Å²) in [7, 11) is 0. The van der Waals surface area contributed by atoms with E-state index >= 15 is 0 Å². The Morgan fingerprint density at radius 1 is 1.00 bits per heavy atom. The van der Waals surface area contributed by atoms with Crippen LogP contribution in [0.15, 0.2) is 71.7 Å². The molecule has 0 fully saturated rings. The Morgan fingerprint density at radius 3 is 2.38 bits per heavy atom. The maximum Gasteiger partial charge on any atom is 0.411 e. The molecule has 6 heteroatoms. The number of benzene rings is 2. The van der Waals surface area contributed by atoms with Crippen molar-refractivity contribution in [1.29, 1.82) is 0 Å². The molecule has 0 aliphatic carbocycles. The van der Waals surface area contributed by atoms with Gasteiger partial charge >= 0.3 is 6.09 Å². The Labute approximate surface area is 174 Å². The molecule has 0 bridgehead atoms. The Balaban J connectivity index is 1.71. The van der Waals surface area contributed by atoms with Crippen LogP contribution >= 0.6 is 11.6 Å². The number of hydrogen-bond acceptors (Lipinski definition) is 3. The van der Waals surface area contributed by atoms with Crippen LogP contribution in [-0.4, -0.2) is 17.3 Å². The molecule has 1 aromatic heterocycles. The van der Waals surface area contributed by atoms with Crippen LogP contribution < -0.4 is 10.9 Å². The molecule has 1 amide bonds. The van der Waals surface area contributed by atoms with E-state index < -0.39 is 6.09 Å². The van der Waals surface area contributed by atoms with Gasteiger partial charge in [0, 0.05) is 23.0 Å². The predicted molar refractivity (Wildman–Crippen MR) is 117 cm³/mol. The van der Waals surface area contributed by atoms with Crippen LogP contribution in [0.1, 0.15) is 25.3 Å². The molecule has 0 unspecified atom stereocenters. The van der Waals surface area contributed by atoms with Gasteiger partial charge in [-0.2, -0.15) is 0 Å². The lowest BCUT2D eigenvalue weighted by molar-refractivity contribution is 0.160. The van der Waals surface area contributed by atoms with Crippen molar-refractivity contribution >= 4 is 23.4 Å². The highest BCUT2D eigenvalue weighted by molar-refractivity contribution is 6.30. The summed E-state index contributed by atoms with van der Waals surface area (Å²) in [6, 6.07) is 18.2. The van der Waals surface area contributed by atoms with Crippen LogP contribution in [0.2, 0.25) is 5.02 Å². The molecule has 3 rings (SSSR count). The number of anilines is 1. The summed E-state index contributed by atoms with van der Waals surface area (Å²) in [4.78, 5) is 24.0. The van der Waals surface area contributed by atoms with Crippen molar-refractivity contribution < 1.29 is 9.53 Å². The van der Waals surface area contributed by atoms with Crippen LogP contribution in [0.3, 0.4) is 0 Å². The number of nitrogens with zero attached hydrogens (tertiary/aromatic N) is 1. The number of unbranched alkanes of at least 4 members (excludes halogenated alkanes) is 1. The fourth-order valence-electron chi connectivity index (χ4n) is 2.82. The van der Waals surface area contributed by atoms with Gasteiger partial charge < -0.3 is 9.30 Å². The highest BCUT2D eigenvalue weighted by Gasteiger charge is 2.06. The first-order chi connectivity index (χ1) is 14.0. The molecule has 3 aromatic rings. The number of rotatable bonds is 7. The first-order valence-corrected chi connectivity index (χ1v) is 9.92. The van der Waals surface area contributed by atoms with Gasteiger partial charge in [0.25, 0.3) is 5.56 Å². The highest BCUT2D eigenvalue weighted by atomic mass is 35.5. The third-order valence-electron chi connectivity index (χ3n) is 4.45. The minimum atomic E-state index is -0.456. The van der Waals surface area contributed by atoms with Gasteiger partial charge in [0.05, 0.1) is 13.2 Å². The number of aromatic nitrogens is 1. The van der Waals surface area contributed by atoms with Crippen LogP contribution in [0.5, 0.6) is 0 Å². The summed E-state index contributed by atoms with van der Waals surface area (Å²) in [5.74, 6) is 0. The number of hydrogen-bond donors (Lipinski definition) is 1. The molecule has 0 spiro atoms. The molecular formula is C23H23ClN2O3. The van der Waals surface area contributed by atoms with Gasteiger partial charge in [0.15, 0.2) is 0 Å². The zero-order valence-electron chi connectivity index (χ0n) is 16.2. The molecule has 0 aliphatic heterocycles. The first-order valence-electron chi connectivity index (χ1n) is 9.54. The van der Waals surface area contributed by atoms with E-state index in [1.807, 2.05) is 61.7 Å². The van der Waals surface area contributed by atoms with Crippen molar-refractivity contribution in [1.82, 2.24) is 4.57 Å². The van der Waals surface area contributed by atoms with Crippen molar-refractivity contribution in [3.63, 3.8) is 0 Å². The van der Waals surface area contributed by atoms with Crippen molar-refractivity contribution in [3.8, 4) is 11.1 Å². The lowest BCUT2D eigenvalue weighted by Gasteiger charge is -2.10. The lowest BCUT2D eigenvalue weighted by atomic mass is 10.1. The van der Waals surface area contributed by atoms with Crippen LogP contribution in [0.25, 0.3) is 11.1 Å². The zero-order valence-corrected chi connectivity index (χ0v) is 17.0. The summed E-state index contributed by atoms with van der Waals surface area (Å²) in [5.41, 5.74) is 3.44. The van der Waals surface area contributed by atoms with Crippen molar-refractivity contribution in [2.75, 3.05) is 11.9 Å². The summed E-state index contributed by atoms with van der Waals surface area (Å²) in [6.07, 6.45) is 3.20. The Bertz CT molecular complexity index is 1010. The lowest BCUT2D eigenvalue weighted by Crippen LogP contribution is -2.19. The topological polar surface area (TPSA) is 60.3 Å². The largest absolute Gasteiger partial charge is 0.449 e. The van der Waals surface area contributed by atoms with Crippen LogP contribution in [0.4, 0.5) is 10.5 Å². The van der Waals surface area contributed by atoms with Crippen molar-refractivity contribution in [2.24, 2.45) is 0 Å². The van der Waals surface area contributed by atoms with Gasteiger partial charge in [-0.1, -0.05) is 49.2 Å². The number of halogens is 1. The summed E-state index contributed by atoms with van der Waals surface area (Å²) < 4.78 is 6.76. The normalized spacial score (nSPS) is 10.6. The predicted octanol–water partition coefficient (Wildman–Crippen LogP) is 5.57. The van der Waals surface area contributed by atoms with E-state index in [-0.39, 0.29) is 5.56 Å². The second-order valence-corrected chi connectivity index (χ2v) is 7.14. The third kappa shape index (κ3) is 5.96. The Kier molecular flexibility index (Phi) is 7.09. The molecule has 0 saturated carbocycles. The fraction of sp³-hybridized carbons (Fsp3) is 0.217. The van der Waals surface area contributed by atoms with E-state index in [4.69, 9.17) is 16.3 Å². The minimum Gasteiger partial charge on any atom is -0.449 e. The molecular weight excluding hydrogens is 388 g/mol. The van der Waals surface area contributed by atoms with E-state index in [2.05, 4.69) is 5.32 Å². The number of ether oxygens (including phenoxy) is 1. The van der Waals surface area contributed by atoms with E-state index in [0.717, 1.165) is 29.5 Å². The van der Waals surface area contributed by atoms with E-state index in [0.29, 0.717) is 23.9 Å². The maximum absolute atomic E-state index is 12.2. The smallest absolute Gasteiger partial charge is 0.411 e. The van der Waals surface area contributed by atoms with Gasteiger partial charge in [0.2, 0.25) is 0 Å². The standard InChI is InChI=1S/C23H23ClN2O3/c1-2-3-14-29-23(28)25-21-11-6-18(7-12-21)19-8-13-22(27)26(16-19)15-17-4-9-20(24)10-5-17/h4-13,16H,2-3,14-15H2,1H3,(H,25,28). The monoisotopic (exact) mass is 410 g/mol. The second-order valence-electron chi connectivity index (χ2n) is 6.70. The summed E-state index contributed by atoms with van der Waals surface area (Å²) >= 11 is 5.92. The second kappa shape index (κ2) is 9.94. The Hall–Kier alpha value is -3.05. The molecule has 0 atom stereocenters. The quantitative estimate of drug-likeness (QED) is 0.518. The van der Waals surface area contributed by atoms with Gasteiger partial charge in [-0.25, -0.2) is 4.79 Å². The van der Waals surface area contributed by atoms with Gasteiger partial charge in [-0.3, -0.25) is 10.1 Å². The molecule has 1 heterocycles. The summed E-state index contributed by atoms with van der Waals surface area (Å²) in [5, 5.41) is 3.37. The van der Waals surface area contributed by atoms with E-state index in [1.165, 1.54) is 0 Å². The molecule has 150 valence electrons. The molecule has 0 radical (unpaired) electrons.